The van der Waals surface area contributed by atoms with E-state index in [1.807, 2.05) is 25.1 Å². The summed E-state index contributed by atoms with van der Waals surface area (Å²) in [7, 11) is 0. The molecule has 0 unspecified atom stereocenters. The summed E-state index contributed by atoms with van der Waals surface area (Å²) in [6.45, 7) is 2.84. The van der Waals surface area contributed by atoms with Crippen LogP contribution in [0.1, 0.15) is 5.56 Å². The van der Waals surface area contributed by atoms with Crippen molar-refractivity contribution in [2.45, 2.75) is 13.5 Å². The molecule has 19 heteroatoms. The molecule has 2 heterocycles. The Labute approximate surface area is 278 Å². The van der Waals surface area contributed by atoms with Gasteiger partial charge in [0.25, 0.3) is 0 Å². The standard InChI is InChI=1S/C13H18N6O3.C9H13NO2.C5H10N4O.2ClH/c14-8-5-9(15)12(22-4-3-21)6-10(8)18-11-7-17-19(1-2-20)13(11)16;1-7-2-3-9(8(10)6-7)12-5-4-11;6-4-3-8-9(1-2-10)5(4)7;;/h5-7,16,20-21H,1-4,14-15H2;2-3,6,11H,4-5,10H2,1H3;3,10H,1-2,6-7H2;2*1H/p-1. The van der Waals surface area contributed by atoms with Gasteiger partial charge in [-0.25, -0.2) is 14.7 Å². The van der Waals surface area contributed by atoms with E-state index in [9.17, 15) is 0 Å². The van der Waals surface area contributed by atoms with Gasteiger partial charge >= 0.3 is 0 Å². The van der Waals surface area contributed by atoms with E-state index in [0.717, 1.165) is 17.0 Å². The number of rotatable bonds is 11. The first-order valence-electron chi connectivity index (χ1n) is 13.4. The van der Waals surface area contributed by atoms with E-state index in [0.29, 0.717) is 53.2 Å². The molecule has 0 bridgehead atoms. The summed E-state index contributed by atoms with van der Waals surface area (Å²) in [6, 6.07) is 8.83. The minimum atomic E-state index is -0.138. The van der Waals surface area contributed by atoms with E-state index < -0.39 is 0 Å². The third kappa shape index (κ3) is 12.6. The number of nitrogens with zero attached hydrogens (tertiary/aromatic N) is 5. The van der Waals surface area contributed by atoms with Crippen LogP contribution in [0, 0.1) is 12.3 Å². The second-order valence-corrected chi connectivity index (χ2v) is 9.07. The smallest absolute Gasteiger partial charge is 0.179 e. The molecule has 1 aliphatic rings. The number of nitrogens with two attached hydrogens (primary N) is 4. The van der Waals surface area contributed by atoms with Crippen LogP contribution in [-0.4, -0.2) is 99.2 Å². The highest BCUT2D eigenvalue weighted by Gasteiger charge is 2.20. The van der Waals surface area contributed by atoms with Crippen molar-refractivity contribution in [2.75, 3.05) is 69.1 Å². The third-order valence-corrected chi connectivity index (χ3v) is 5.67. The molecule has 1 aromatic heterocycles. The van der Waals surface area contributed by atoms with Gasteiger partial charge in [0.15, 0.2) is 17.3 Å². The number of nitrogens with one attached hydrogen (secondary N) is 1. The van der Waals surface area contributed by atoms with Gasteiger partial charge in [0.2, 0.25) is 0 Å². The molecule has 0 amide bonds. The fourth-order valence-corrected chi connectivity index (χ4v) is 3.52. The number of amidine groups is 1. The fraction of sp³-hybridized carbons (Fsp3) is 0.333. The third-order valence-electron chi connectivity index (χ3n) is 5.67. The van der Waals surface area contributed by atoms with E-state index in [1.54, 1.807) is 6.07 Å². The summed E-state index contributed by atoms with van der Waals surface area (Å²) >= 11 is 0. The predicted molar refractivity (Wildman–Crippen MR) is 169 cm³/mol. The topological polar surface area (TPSA) is 301 Å². The molecule has 3 aromatic rings. The van der Waals surface area contributed by atoms with E-state index >= 15 is 0 Å². The summed E-state index contributed by atoms with van der Waals surface area (Å²) in [5.74, 6) is 1.59. The van der Waals surface area contributed by atoms with Crippen LogP contribution in [0.2, 0.25) is 0 Å². The van der Waals surface area contributed by atoms with Crippen molar-refractivity contribution < 1.29 is 60.4 Å². The largest absolute Gasteiger partial charge is 1.00 e. The van der Waals surface area contributed by atoms with Gasteiger partial charge in [0, 0.05) is 12.1 Å². The van der Waals surface area contributed by atoms with Crippen molar-refractivity contribution >= 4 is 52.0 Å². The Hall–Kier alpha value is -4.36. The molecule has 1 aliphatic heterocycles. The van der Waals surface area contributed by atoms with Gasteiger partial charge in [0.05, 0.1) is 74.7 Å². The number of hydrazone groups is 1. The Bertz CT molecular complexity index is 1440. The van der Waals surface area contributed by atoms with Gasteiger partial charge in [-0.3, -0.25) is 5.41 Å². The summed E-state index contributed by atoms with van der Waals surface area (Å²) in [5.41, 5.74) is 30.2. The molecule has 4 rings (SSSR count). The second kappa shape index (κ2) is 21.4. The number of ether oxygens (including phenoxy) is 2. The molecular formula is C27H42Cl2N11O6-. The van der Waals surface area contributed by atoms with Crippen LogP contribution in [0.25, 0.3) is 0 Å². The monoisotopic (exact) mass is 686 g/mol. The average molecular weight is 688 g/mol. The first-order valence-corrected chi connectivity index (χ1v) is 13.4. The number of anilines is 4. The van der Waals surface area contributed by atoms with Crippen LogP contribution in [0.4, 0.5) is 34.3 Å². The number of hydrogen-bond acceptors (Lipinski definition) is 14. The van der Waals surface area contributed by atoms with E-state index in [1.165, 1.54) is 28.2 Å². The molecule has 0 aliphatic carbocycles. The van der Waals surface area contributed by atoms with Gasteiger partial charge in [-0.15, -0.1) is 0 Å². The first kappa shape index (κ1) is 41.6. The molecular weight excluding hydrogens is 645 g/mol. The Morgan fingerprint density at radius 3 is 2.02 bits per heavy atom. The van der Waals surface area contributed by atoms with Crippen LogP contribution in [0.5, 0.6) is 11.5 Å². The Morgan fingerprint density at radius 2 is 1.48 bits per heavy atom. The maximum absolute atomic E-state index is 8.89. The lowest BCUT2D eigenvalue weighted by atomic mass is 10.2. The lowest BCUT2D eigenvalue weighted by Crippen LogP contribution is -3.00. The number of aliphatic hydroxyl groups excluding tert-OH is 4. The number of aliphatic imine (C=N–C) groups is 1. The molecule has 256 valence electrons. The van der Waals surface area contributed by atoms with Crippen molar-refractivity contribution in [1.29, 1.82) is 5.41 Å². The van der Waals surface area contributed by atoms with Crippen LogP contribution in [-0.2, 0) is 6.54 Å². The number of aryl methyl sites for hydroxylation is 1. The van der Waals surface area contributed by atoms with Gasteiger partial charge in [-0.2, -0.15) is 10.2 Å². The SMILES string of the molecule is Cc1ccc(OCCO)c([NH3+])c1.N=C1C(=Nc2cc(OCCO)c(N)cc2N)C=NN1CCO.Nc1cnn(CCO)c1N.[Cl-].[Cl-]. The molecule has 0 saturated heterocycles. The number of halogens is 2. The summed E-state index contributed by atoms with van der Waals surface area (Å²) in [6.07, 6.45) is 2.88. The molecule has 0 fully saturated rings. The summed E-state index contributed by atoms with van der Waals surface area (Å²) in [5, 5.41) is 51.7. The maximum atomic E-state index is 8.89. The van der Waals surface area contributed by atoms with Crippen LogP contribution < -0.4 is 63.0 Å². The van der Waals surface area contributed by atoms with Crippen molar-refractivity contribution in [3.63, 3.8) is 0 Å². The number of nitrogen functional groups attached to an aromatic ring is 4. The molecule has 17 nitrogen and oxygen atoms in total. The van der Waals surface area contributed by atoms with Crippen LogP contribution in [0.15, 0.2) is 46.6 Å². The van der Waals surface area contributed by atoms with Crippen molar-refractivity contribution in [1.82, 2.24) is 14.8 Å². The Balaban J connectivity index is 0.000000715. The zero-order chi connectivity index (χ0) is 32.6. The second-order valence-electron chi connectivity index (χ2n) is 9.07. The number of quaternary nitrogens is 1. The zero-order valence-electron chi connectivity index (χ0n) is 25.3. The molecule has 2 aromatic carbocycles. The first-order chi connectivity index (χ1) is 21.1. The minimum Gasteiger partial charge on any atom is -1.00 e. The highest BCUT2D eigenvalue weighted by Crippen LogP contribution is 2.33. The van der Waals surface area contributed by atoms with Crippen molar-refractivity contribution in [3.05, 3.63) is 42.1 Å². The number of aromatic nitrogens is 2. The number of hydrogen-bond donors (Lipinski definition) is 10. The van der Waals surface area contributed by atoms with E-state index in [2.05, 4.69) is 20.9 Å². The molecule has 0 radical (unpaired) electrons. The van der Waals surface area contributed by atoms with Crippen LogP contribution >= 0.6 is 0 Å². The van der Waals surface area contributed by atoms with Gasteiger partial charge in [0.1, 0.15) is 30.5 Å². The summed E-state index contributed by atoms with van der Waals surface area (Å²) in [4.78, 5) is 4.28. The van der Waals surface area contributed by atoms with Gasteiger partial charge < -0.3 is 83.4 Å². The Morgan fingerprint density at radius 1 is 0.848 bits per heavy atom. The highest BCUT2D eigenvalue weighted by molar-refractivity contribution is 6.63. The van der Waals surface area contributed by atoms with E-state index in [-0.39, 0.29) is 70.2 Å². The molecule has 0 spiro atoms. The maximum Gasteiger partial charge on any atom is 0.179 e. The van der Waals surface area contributed by atoms with Crippen LogP contribution in [0.3, 0.4) is 0 Å². The number of β-amino-alcohol motifs (C(OH)–C–C–N with tert-alkyl or cyclic N) is 1. The zero-order valence-corrected chi connectivity index (χ0v) is 26.8. The lowest BCUT2D eigenvalue weighted by Gasteiger charge is -2.12. The molecule has 16 N–H and O–H groups in total. The minimum absolute atomic E-state index is 0. The number of benzene rings is 2. The quantitative estimate of drug-likeness (QED) is 0.0842. The highest BCUT2D eigenvalue weighted by atomic mass is 35.5. The van der Waals surface area contributed by atoms with Gasteiger partial charge in [-0.1, -0.05) is 6.07 Å². The number of aliphatic hydroxyl groups is 4. The van der Waals surface area contributed by atoms with Crippen molar-refractivity contribution in [3.8, 4) is 11.5 Å². The summed E-state index contributed by atoms with van der Waals surface area (Å²) < 4.78 is 12.0. The molecule has 0 saturated carbocycles. The Kier molecular flexibility index (Phi) is 19.4. The predicted octanol–water partition coefficient (Wildman–Crippen LogP) is -7.15. The molecule has 46 heavy (non-hydrogen) atoms. The fourth-order valence-electron chi connectivity index (χ4n) is 3.52. The lowest BCUT2D eigenvalue weighted by molar-refractivity contribution is -0.256. The van der Waals surface area contributed by atoms with E-state index in [4.69, 9.17) is 58.2 Å². The molecule has 0 atom stereocenters. The van der Waals surface area contributed by atoms with Crippen molar-refractivity contribution in [2.24, 2.45) is 10.1 Å². The average Bonchev–Trinajstić information content (AvgIpc) is 3.50. The van der Waals surface area contributed by atoms with Gasteiger partial charge in [-0.05, 0) is 24.6 Å². The normalized spacial score (nSPS) is 12.3.